The van der Waals surface area contributed by atoms with E-state index >= 15 is 0 Å². The lowest BCUT2D eigenvalue weighted by atomic mass is 10.00. The smallest absolute Gasteiger partial charge is 0.469 e. The minimum atomic E-state index is -5.05. The molecule has 0 saturated heterocycles. The highest BCUT2D eigenvalue weighted by atomic mass is 35.5. The summed E-state index contributed by atoms with van der Waals surface area (Å²) in [7, 11) is -8.49. The van der Waals surface area contributed by atoms with Gasteiger partial charge in [0.2, 0.25) is 0 Å². The number of rotatable bonds is 14. The molecule has 0 amide bonds. The number of ether oxygens (including phenoxy) is 1. The topological polar surface area (TPSA) is 155 Å². The molecule has 1 saturated carbocycles. The Morgan fingerprint density at radius 2 is 2.02 bits per heavy atom. The van der Waals surface area contributed by atoms with Crippen LogP contribution in [0.15, 0.2) is 52.5 Å². The SMILES string of the molecule is C=c1[nH]c2c(OCCCN(CC)C(F)(F)COP(=O)(O)O)ccc(-c3cccc(S(=O)(=O)C4CC4)c3)c2/c1=C/C(Cl)=C\N. The van der Waals surface area contributed by atoms with Gasteiger partial charge in [-0.05, 0) is 60.7 Å². The first-order valence-corrected chi connectivity index (χ1v) is 16.9. The summed E-state index contributed by atoms with van der Waals surface area (Å²) in [6.45, 7) is 3.92. The first-order chi connectivity index (χ1) is 20.2. The molecule has 0 radical (unpaired) electrons. The van der Waals surface area contributed by atoms with Gasteiger partial charge in [-0.1, -0.05) is 37.2 Å². The fourth-order valence-corrected chi connectivity index (χ4v) is 6.85. The quantitative estimate of drug-likeness (QED) is 0.115. The molecule has 0 aliphatic heterocycles. The molecule has 4 rings (SSSR count). The molecule has 1 heterocycles. The van der Waals surface area contributed by atoms with E-state index in [2.05, 4.69) is 16.1 Å². The molecule has 0 unspecified atom stereocenters. The minimum absolute atomic E-state index is 0.0312. The van der Waals surface area contributed by atoms with Crippen LogP contribution in [-0.2, 0) is 18.9 Å². The second-order valence-corrected chi connectivity index (χ2v) is 14.0. The van der Waals surface area contributed by atoms with Gasteiger partial charge in [0.15, 0.2) is 9.84 Å². The second kappa shape index (κ2) is 13.1. The lowest BCUT2D eigenvalue weighted by Gasteiger charge is -2.29. The standard InChI is InChI=1S/C28H33ClF2N3O7PS/c1-3-34(28(30,31)17-41-42(35,36)37)12-5-13-40-25-11-10-23(26-24(15-20(29)16-32)18(2)33-27(25)26)19-6-4-7-22(14-19)43(38,39)21-8-9-21/h4,6-7,10-11,14-16,21,33H,2-3,5,8-9,12-13,17,32H2,1H3,(H2,35,36,37)/b20-16+,24-15+. The van der Waals surface area contributed by atoms with Crippen LogP contribution in [0.1, 0.15) is 26.2 Å². The third-order valence-electron chi connectivity index (χ3n) is 7.00. The van der Waals surface area contributed by atoms with E-state index in [0.717, 1.165) is 4.90 Å². The van der Waals surface area contributed by atoms with Crippen LogP contribution in [0.3, 0.4) is 0 Å². The number of phosphoric acid groups is 1. The molecule has 10 nitrogen and oxygen atoms in total. The Kier molecular flexibility index (Phi) is 10.1. The Balaban J connectivity index is 1.64. The normalized spacial score (nSPS) is 15.5. The molecule has 0 atom stereocenters. The maximum atomic E-state index is 14.5. The van der Waals surface area contributed by atoms with Gasteiger partial charge in [-0.25, -0.2) is 17.9 Å². The molecule has 15 heteroatoms. The van der Waals surface area contributed by atoms with Gasteiger partial charge in [0, 0.05) is 35.2 Å². The van der Waals surface area contributed by atoms with E-state index in [0.29, 0.717) is 51.2 Å². The van der Waals surface area contributed by atoms with Crippen LogP contribution in [0.2, 0.25) is 0 Å². The van der Waals surface area contributed by atoms with Crippen molar-refractivity contribution in [1.29, 1.82) is 0 Å². The average molecular weight is 660 g/mol. The first kappa shape index (κ1) is 33.1. The zero-order valence-electron chi connectivity index (χ0n) is 23.3. The van der Waals surface area contributed by atoms with Crippen molar-refractivity contribution in [2.24, 2.45) is 5.73 Å². The molecule has 1 aromatic heterocycles. The monoisotopic (exact) mass is 659 g/mol. The van der Waals surface area contributed by atoms with Crippen molar-refractivity contribution in [3.8, 4) is 16.9 Å². The Morgan fingerprint density at radius 3 is 2.65 bits per heavy atom. The Bertz CT molecular complexity index is 1790. The number of hydrogen-bond acceptors (Lipinski definition) is 7. The summed E-state index contributed by atoms with van der Waals surface area (Å²) in [6.07, 6.45) is 4.29. The molecule has 3 aromatic rings. The summed E-state index contributed by atoms with van der Waals surface area (Å²) in [6, 6.07) is 6.58. The van der Waals surface area contributed by atoms with Gasteiger partial charge in [0.25, 0.3) is 0 Å². The maximum Gasteiger partial charge on any atom is 0.469 e. The van der Waals surface area contributed by atoms with Crippen LogP contribution in [0.4, 0.5) is 8.78 Å². The summed E-state index contributed by atoms with van der Waals surface area (Å²) in [4.78, 5) is 21.7. The molecule has 5 N–H and O–H groups in total. The number of hydrogen-bond donors (Lipinski definition) is 4. The Labute approximate surface area is 252 Å². The van der Waals surface area contributed by atoms with Gasteiger partial charge < -0.3 is 25.2 Å². The van der Waals surface area contributed by atoms with Crippen LogP contribution >= 0.6 is 19.4 Å². The number of phosphoric ester groups is 1. The van der Waals surface area contributed by atoms with E-state index in [1.165, 1.54) is 13.1 Å². The fraction of sp³-hybridized carbons (Fsp3) is 0.357. The van der Waals surface area contributed by atoms with Gasteiger partial charge >= 0.3 is 13.9 Å². The van der Waals surface area contributed by atoms with E-state index in [1.54, 1.807) is 42.5 Å². The van der Waals surface area contributed by atoms with E-state index in [1.807, 2.05) is 0 Å². The van der Waals surface area contributed by atoms with Crippen molar-refractivity contribution < 1.29 is 40.8 Å². The lowest BCUT2D eigenvalue weighted by molar-refractivity contribution is -0.169. The molecular formula is C28H33ClF2N3O7PS. The summed E-state index contributed by atoms with van der Waals surface area (Å²) >= 11 is 6.23. The summed E-state index contributed by atoms with van der Waals surface area (Å²) in [5, 5.41) is 1.64. The highest BCUT2D eigenvalue weighted by Crippen LogP contribution is 2.39. The maximum absolute atomic E-state index is 14.5. The number of aromatic nitrogens is 1. The molecule has 2 aromatic carbocycles. The predicted molar refractivity (Wildman–Crippen MR) is 162 cm³/mol. The van der Waals surface area contributed by atoms with Crippen molar-refractivity contribution >= 4 is 52.8 Å². The molecule has 0 spiro atoms. The second-order valence-electron chi connectivity index (χ2n) is 10.1. The number of fused-ring (bicyclic) bond motifs is 1. The molecule has 234 valence electrons. The third kappa shape index (κ3) is 7.85. The molecule has 0 bridgehead atoms. The highest BCUT2D eigenvalue weighted by molar-refractivity contribution is 7.92. The number of H-pyrrole nitrogens is 1. The van der Waals surface area contributed by atoms with Crippen molar-refractivity contribution in [3.63, 3.8) is 0 Å². The molecule has 1 fully saturated rings. The number of allylic oxidation sites excluding steroid dienone is 1. The summed E-state index contributed by atoms with van der Waals surface area (Å²) < 4.78 is 75.6. The van der Waals surface area contributed by atoms with Gasteiger partial charge in [0.1, 0.15) is 12.4 Å². The number of halogens is 3. The zero-order valence-corrected chi connectivity index (χ0v) is 25.8. The Morgan fingerprint density at radius 1 is 1.30 bits per heavy atom. The van der Waals surface area contributed by atoms with E-state index in [-0.39, 0.29) is 41.3 Å². The van der Waals surface area contributed by atoms with Crippen LogP contribution in [0.25, 0.3) is 34.7 Å². The summed E-state index contributed by atoms with van der Waals surface area (Å²) in [5.74, 6) is 0.401. The number of aromatic amines is 1. The van der Waals surface area contributed by atoms with Crippen LogP contribution in [-0.4, -0.2) is 65.7 Å². The van der Waals surface area contributed by atoms with E-state index in [9.17, 15) is 21.8 Å². The Hall–Kier alpha value is -2.77. The van der Waals surface area contributed by atoms with Crippen molar-refractivity contribution in [2.45, 2.75) is 42.4 Å². The van der Waals surface area contributed by atoms with Crippen molar-refractivity contribution in [2.75, 3.05) is 26.3 Å². The van der Waals surface area contributed by atoms with Crippen molar-refractivity contribution in [1.82, 2.24) is 9.88 Å². The molecular weight excluding hydrogens is 627 g/mol. The number of nitrogens with two attached hydrogens (primary N) is 1. The van der Waals surface area contributed by atoms with Crippen molar-refractivity contribution in [3.05, 3.63) is 58.2 Å². The number of alkyl halides is 2. The number of sulfone groups is 1. The zero-order chi connectivity index (χ0) is 31.6. The van der Waals surface area contributed by atoms with Gasteiger partial charge in [-0.2, -0.15) is 8.78 Å². The van der Waals surface area contributed by atoms with E-state index in [4.69, 9.17) is 31.9 Å². The fourth-order valence-electron chi connectivity index (χ4n) is 4.72. The largest absolute Gasteiger partial charge is 0.491 e. The molecule has 1 aliphatic rings. The van der Waals surface area contributed by atoms with Crippen LogP contribution < -0.4 is 21.0 Å². The highest BCUT2D eigenvalue weighted by Gasteiger charge is 2.39. The predicted octanol–water partition coefficient (Wildman–Crippen LogP) is 3.79. The van der Waals surface area contributed by atoms with Crippen LogP contribution in [0.5, 0.6) is 5.75 Å². The van der Waals surface area contributed by atoms with Crippen LogP contribution in [0, 0.1) is 0 Å². The lowest BCUT2D eigenvalue weighted by Crippen LogP contribution is -2.45. The average Bonchev–Trinajstić information content (AvgIpc) is 3.77. The van der Waals surface area contributed by atoms with Gasteiger partial charge in [-0.3, -0.25) is 4.52 Å². The summed E-state index contributed by atoms with van der Waals surface area (Å²) in [5.41, 5.74) is 7.48. The van der Waals surface area contributed by atoms with Gasteiger partial charge in [-0.15, -0.1) is 0 Å². The van der Waals surface area contributed by atoms with E-state index < -0.39 is 30.3 Å². The number of nitrogens with zero attached hydrogens (tertiary/aromatic N) is 1. The minimum Gasteiger partial charge on any atom is -0.491 e. The number of benzene rings is 2. The van der Waals surface area contributed by atoms with Gasteiger partial charge in [0.05, 0.1) is 27.3 Å². The molecule has 43 heavy (non-hydrogen) atoms. The first-order valence-electron chi connectivity index (χ1n) is 13.4. The number of likely N-dealkylation sites (N-methyl/N-ethyl adjacent to an activating group) is 1. The molecule has 1 aliphatic carbocycles. The number of nitrogens with one attached hydrogen (secondary N) is 1. The third-order valence-corrected chi connectivity index (χ3v) is 9.96.